The Hall–Kier alpha value is -3.25. The first kappa shape index (κ1) is 20.5. The Kier molecular flexibility index (Phi) is 6.92. The number of nitrogens with one attached hydrogen (secondary N) is 1. The molecule has 1 aliphatic heterocycles. The van der Waals surface area contributed by atoms with E-state index in [1.807, 2.05) is 6.07 Å². The van der Waals surface area contributed by atoms with Crippen molar-refractivity contribution in [3.8, 4) is 6.07 Å². The number of hydrogen-bond acceptors (Lipinski definition) is 7. The number of thioether (sulfide) groups is 1. The number of likely N-dealkylation sites (tertiary alicyclic amines) is 1. The first-order valence-corrected chi connectivity index (χ1v) is 9.91. The van der Waals surface area contributed by atoms with Crippen molar-refractivity contribution in [3.05, 3.63) is 48.4 Å². The van der Waals surface area contributed by atoms with Crippen LogP contribution in [-0.2, 0) is 25.7 Å². The zero-order valence-electron chi connectivity index (χ0n) is 15.5. The zero-order valence-corrected chi connectivity index (χ0v) is 16.3. The summed E-state index contributed by atoms with van der Waals surface area (Å²) in [6, 6.07) is 12.6. The molecule has 1 saturated heterocycles. The number of carbonyl (C=O) groups excluding carboxylic acids is 3. The first-order chi connectivity index (χ1) is 14.1. The smallest absolute Gasteiger partial charge is 0.311 e. The van der Waals surface area contributed by atoms with Crippen molar-refractivity contribution in [2.45, 2.75) is 17.9 Å². The summed E-state index contributed by atoms with van der Waals surface area (Å²) in [7, 11) is 0. The largest absolute Gasteiger partial charge is 0.467 e. The normalized spacial score (nSPS) is 15.8. The SMILES string of the molecule is N#CCSc1ccccc1NC(=O)COC(=O)[C@H]1CC(=O)N(Cc2ccco2)C1. The summed E-state index contributed by atoms with van der Waals surface area (Å²) < 4.78 is 10.3. The van der Waals surface area contributed by atoms with Gasteiger partial charge in [0, 0.05) is 17.9 Å². The highest BCUT2D eigenvalue weighted by atomic mass is 32.2. The molecular formula is C20H19N3O5S. The van der Waals surface area contributed by atoms with E-state index in [9.17, 15) is 14.4 Å². The van der Waals surface area contributed by atoms with Crippen LogP contribution in [0.15, 0.2) is 52.0 Å². The van der Waals surface area contributed by atoms with E-state index >= 15 is 0 Å². The Morgan fingerprint density at radius 3 is 2.90 bits per heavy atom. The number of carbonyl (C=O) groups is 3. The van der Waals surface area contributed by atoms with Gasteiger partial charge in [-0.3, -0.25) is 14.4 Å². The molecule has 2 amide bonds. The number of para-hydroxylation sites is 1. The van der Waals surface area contributed by atoms with E-state index in [0.717, 1.165) is 4.90 Å². The fraction of sp³-hybridized carbons (Fsp3) is 0.300. The summed E-state index contributed by atoms with van der Waals surface area (Å²) in [5.41, 5.74) is 0.550. The van der Waals surface area contributed by atoms with Crippen LogP contribution < -0.4 is 5.32 Å². The molecule has 0 bridgehead atoms. The number of amides is 2. The molecule has 1 aromatic carbocycles. The third-order valence-electron chi connectivity index (χ3n) is 4.27. The van der Waals surface area contributed by atoms with Crippen molar-refractivity contribution in [1.29, 1.82) is 5.26 Å². The number of benzene rings is 1. The zero-order chi connectivity index (χ0) is 20.6. The number of rotatable bonds is 8. The van der Waals surface area contributed by atoms with Gasteiger partial charge in [-0.25, -0.2) is 0 Å². The van der Waals surface area contributed by atoms with Gasteiger partial charge in [-0.1, -0.05) is 12.1 Å². The van der Waals surface area contributed by atoms with Gasteiger partial charge in [0.05, 0.1) is 36.2 Å². The molecule has 0 spiro atoms. The van der Waals surface area contributed by atoms with Gasteiger partial charge in [-0.15, -0.1) is 11.8 Å². The molecular weight excluding hydrogens is 394 g/mol. The molecule has 3 rings (SSSR count). The summed E-state index contributed by atoms with van der Waals surface area (Å²) in [6.45, 7) is 0.0832. The Morgan fingerprint density at radius 1 is 1.31 bits per heavy atom. The molecule has 2 heterocycles. The van der Waals surface area contributed by atoms with Gasteiger partial charge >= 0.3 is 5.97 Å². The second kappa shape index (κ2) is 9.80. The average molecular weight is 413 g/mol. The minimum Gasteiger partial charge on any atom is -0.467 e. The summed E-state index contributed by atoms with van der Waals surface area (Å²) in [6.07, 6.45) is 1.58. The van der Waals surface area contributed by atoms with Crippen LogP contribution in [0.4, 0.5) is 5.69 Å². The van der Waals surface area contributed by atoms with Crippen LogP contribution in [0.25, 0.3) is 0 Å². The second-order valence-corrected chi connectivity index (χ2v) is 7.37. The monoisotopic (exact) mass is 413 g/mol. The number of ether oxygens (including phenoxy) is 1. The van der Waals surface area contributed by atoms with Crippen LogP contribution in [0.5, 0.6) is 0 Å². The molecule has 150 valence electrons. The van der Waals surface area contributed by atoms with Crippen molar-refractivity contribution in [2.24, 2.45) is 5.92 Å². The Bertz CT molecular complexity index is 922. The van der Waals surface area contributed by atoms with Crippen LogP contribution >= 0.6 is 11.8 Å². The van der Waals surface area contributed by atoms with Gasteiger partial charge in [-0.05, 0) is 24.3 Å². The van der Waals surface area contributed by atoms with E-state index in [0.29, 0.717) is 18.0 Å². The van der Waals surface area contributed by atoms with Gasteiger partial charge in [0.1, 0.15) is 5.76 Å². The third kappa shape index (κ3) is 5.62. The van der Waals surface area contributed by atoms with E-state index in [-0.39, 0.29) is 24.6 Å². The fourth-order valence-corrected chi connectivity index (χ4v) is 3.59. The van der Waals surface area contributed by atoms with Gasteiger partial charge in [0.25, 0.3) is 5.91 Å². The molecule has 1 aromatic heterocycles. The van der Waals surface area contributed by atoms with Gasteiger partial charge in [0.2, 0.25) is 5.91 Å². The molecule has 1 fully saturated rings. The van der Waals surface area contributed by atoms with Gasteiger partial charge in [0.15, 0.2) is 6.61 Å². The predicted molar refractivity (Wildman–Crippen MR) is 105 cm³/mol. The lowest BCUT2D eigenvalue weighted by Crippen LogP contribution is -2.28. The van der Waals surface area contributed by atoms with Crippen molar-refractivity contribution in [1.82, 2.24) is 4.90 Å². The lowest BCUT2D eigenvalue weighted by molar-refractivity contribution is -0.151. The van der Waals surface area contributed by atoms with E-state index in [1.165, 1.54) is 22.9 Å². The summed E-state index contributed by atoms with van der Waals surface area (Å²) in [5, 5.41) is 11.4. The Balaban J connectivity index is 1.48. The minimum absolute atomic E-state index is 0.0504. The molecule has 1 aliphatic rings. The number of anilines is 1. The van der Waals surface area contributed by atoms with E-state index in [1.54, 1.807) is 36.4 Å². The molecule has 9 heteroatoms. The highest BCUT2D eigenvalue weighted by Crippen LogP contribution is 2.26. The Labute approximate surface area is 171 Å². The van der Waals surface area contributed by atoms with Crippen molar-refractivity contribution < 1.29 is 23.5 Å². The first-order valence-electron chi connectivity index (χ1n) is 8.92. The molecule has 2 aromatic rings. The fourth-order valence-electron chi connectivity index (χ4n) is 2.92. The van der Waals surface area contributed by atoms with Crippen molar-refractivity contribution in [3.63, 3.8) is 0 Å². The molecule has 0 unspecified atom stereocenters. The van der Waals surface area contributed by atoms with Gasteiger partial charge < -0.3 is 19.4 Å². The van der Waals surface area contributed by atoms with E-state index in [4.69, 9.17) is 14.4 Å². The highest BCUT2D eigenvalue weighted by Gasteiger charge is 2.35. The maximum Gasteiger partial charge on any atom is 0.311 e. The average Bonchev–Trinajstić information content (AvgIpc) is 3.36. The summed E-state index contributed by atoms with van der Waals surface area (Å²) in [4.78, 5) is 38.8. The van der Waals surface area contributed by atoms with Crippen LogP contribution in [-0.4, -0.2) is 41.6 Å². The lowest BCUT2D eigenvalue weighted by Gasteiger charge is -2.15. The number of hydrogen-bond donors (Lipinski definition) is 1. The third-order valence-corrected chi connectivity index (χ3v) is 5.21. The maximum absolute atomic E-state index is 12.3. The molecule has 1 atom stereocenters. The molecule has 0 saturated carbocycles. The van der Waals surface area contributed by atoms with Crippen LogP contribution in [0, 0.1) is 17.2 Å². The molecule has 1 N–H and O–H groups in total. The predicted octanol–water partition coefficient (Wildman–Crippen LogP) is 2.43. The summed E-state index contributed by atoms with van der Waals surface area (Å²) >= 11 is 1.30. The van der Waals surface area contributed by atoms with E-state index < -0.39 is 24.4 Å². The Morgan fingerprint density at radius 2 is 2.14 bits per heavy atom. The van der Waals surface area contributed by atoms with Gasteiger partial charge in [-0.2, -0.15) is 5.26 Å². The maximum atomic E-state index is 12.3. The molecule has 0 aliphatic carbocycles. The lowest BCUT2D eigenvalue weighted by atomic mass is 10.1. The molecule has 8 nitrogen and oxygen atoms in total. The number of furan rings is 1. The highest BCUT2D eigenvalue weighted by molar-refractivity contribution is 7.99. The van der Waals surface area contributed by atoms with Crippen molar-refractivity contribution in [2.75, 3.05) is 24.2 Å². The minimum atomic E-state index is -0.608. The van der Waals surface area contributed by atoms with Crippen LogP contribution in [0.1, 0.15) is 12.2 Å². The van der Waals surface area contributed by atoms with Crippen LogP contribution in [0.2, 0.25) is 0 Å². The summed E-state index contributed by atoms with van der Waals surface area (Å²) in [5.74, 6) is -0.936. The van der Waals surface area contributed by atoms with Crippen molar-refractivity contribution >= 4 is 35.2 Å². The second-order valence-electron chi connectivity index (χ2n) is 6.35. The standard InChI is InChI=1S/C20H19N3O5S/c21-7-9-29-17-6-2-1-5-16(17)22-18(24)13-28-20(26)14-10-19(25)23(11-14)12-15-4-3-8-27-15/h1-6,8,14H,9-13H2,(H,22,24)/t14-/m0/s1. The number of nitriles is 1. The van der Waals surface area contributed by atoms with Crippen LogP contribution in [0.3, 0.4) is 0 Å². The van der Waals surface area contributed by atoms with E-state index in [2.05, 4.69) is 5.32 Å². The number of esters is 1. The number of nitrogens with zero attached hydrogens (tertiary/aromatic N) is 2. The quantitative estimate of drug-likeness (QED) is 0.522. The topological polar surface area (TPSA) is 113 Å². The molecule has 0 radical (unpaired) electrons. The molecule has 29 heavy (non-hydrogen) atoms.